The van der Waals surface area contributed by atoms with Crippen LogP contribution in [0.4, 0.5) is 5.69 Å². The quantitative estimate of drug-likeness (QED) is 0.791. The normalized spacial score (nSPS) is 10.2. The first-order valence-corrected chi connectivity index (χ1v) is 7.29. The Morgan fingerprint density at radius 2 is 1.81 bits per heavy atom. The summed E-state index contributed by atoms with van der Waals surface area (Å²) < 4.78 is 0. The maximum atomic E-state index is 12.2. The van der Waals surface area contributed by atoms with Gasteiger partial charge in [0.05, 0.1) is 26.3 Å². The van der Waals surface area contributed by atoms with E-state index in [-0.39, 0.29) is 15.6 Å². The molecule has 3 nitrogen and oxygen atoms in total. The van der Waals surface area contributed by atoms with Gasteiger partial charge in [-0.2, -0.15) is 0 Å². The Bertz CT molecular complexity index is 734. The molecular weight excluding hydrogens is 351 g/mol. The number of benzene rings is 2. The number of nitrogens with one attached hydrogen (secondary N) is 1. The Morgan fingerprint density at radius 1 is 1.10 bits per heavy atom. The first-order chi connectivity index (χ1) is 9.90. The molecule has 0 aromatic heterocycles. The highest BCUT2D eigenvalue weighted by molar-refractivity contribution is 7.80. The molecule has 0 aliphatic rings. The van der Waals surface area contributed by atoms with Gasteiger partial charge in [0, 0.05) is 5.56 Å². The number of amides is 1. The van der Waals surface area contributed by atoms with Crippen LogP contribution in [0.3, 0.4) is 0 Å². The smallest absolute Gasteiger partial charge is 0.257 e. The molecular formula is C14H9Cl3N2OS. The lowest BCUT2D eigenvalue weighted by atomic mass is 10.1. The highest BCUT2D eigenvalue weighted by Gasteiger charge is 2.14. The Labute approximate surface area is 142 Å². The summed E-state index contributed by atoms with van der Waals surface area (Å²) >= 11 is 22.8. The number of nitrogens with two attached hydrogens (primary N) is 1. The number of carbonyl (C=O) groups is 1. The second-order valence-electron chi connectivity index (χ2n) is 4.11. The van der Waals surface area contributed by atoms with E-state index in [4.69, 9.17) is 52.8 Å². The molecule has 0 bridgehead atoms. The number of thiocarbonyl (C=S) groups is 1. The molecule has 0 heterocycles. The van der Waals surface area contributed by atoms with Crippen LogP contribution < -0.4 is 11.1 Å². The number of anilines is 1. The van der Waals surface area contributed by atoms with Gasteiger partial charge in [-0.1, -0.05) is 59.2 Å². The van der Waals surface area contributed by atoms with Gasteiger partial charge in [-0.3, -0.25) is 4.79 Å². The van der Waals surface area contributed by atoms with Crippen LogP contribution in [-0.2, 0) is 0 Å². The summed E-state index contributed by atoms with van der Waals surface area (Å²) in [6.07, 6.45) is 0. The SMILES string of the molecule is NC(=S)c1ccc(Cl)c(NC(=O)c2cccc(Cl)c2Cl)c1. The molecule has 2 aromatic rings. The van der Waals surface area contributed by atoms with Crippen molar-refractivity contribution in [1.29, 1.82) is 0 Å². The van der Waals surface area contributed by atoms with Gasteiger partial charge in [0.25, 0.3) is 5.91 Å². The lowest BCUT2D eigenvalue weighted by Gasteiger charge is -2.10. The maximum absolute atomic E-state index is 12.2. The van der Waals surface area contributed by atoms with Gasteiger partial charge < -0.3 is 11.1 Å². The first kappa shape index (κ1) is 16.0. The Hall–Kier alpha value is -1.33. The van der Waals surface area contributed by atoms with Crippen molar-refractivity contribution < 1.29 is 4.79 Å². The number of hydrogen-bond donors (Lipinski definition) is 2. The van der Waals surface area contributed by atoms with Crippen molar-refractivity contribution in [3.05, 3.63) is 62.6 Å². The minimum atomic E-state index is -0.426. The van der Waals surface area contributed by atoms with Gasteiger partial charge in [0.15, 0.2) is 0 Å². The van der Waals surface area contributed by atoms with E-state index in [1.807, 2.05) is 0 Å². The molecule has 3 N–H and O–H groups in total. The highest BCUT2D eigenvalue weighted by Crippen LogP contribution is 2.28. The standard InChI is InChI=1S/C14H9Cl3N2OS/c15-9-5-4-7(13(18)21)6-11(9)19-14(20)8-2-1-3-10(16)12(8)17/h1-6H,(H2,18,21)(H,19,20). The van der Waals surface area contributed by atoms with E-state index in [0.717, 1.165) is 0 Å². The average molecular weight is 360 g/mol. The van der Waals surface area contributed by atoms with E-state index in [1.165, 1.54) is 0 Å². The predicted octanol–water partition coefficient (Wildman–Crippen LogP) is 4.53. The van der Waals surface area contributed by atoms with E-state index >= 15 is 0 Å². The number of halogens is 3. The number of hydrogen-bond acceptors (Lipinski definition) is 2. The van der Waals surface area contributed by atoms with Gasteiger partial charge in [0.1, 0.15) is 4.99 Å². The first-order valence-electron chi connectivity index (χ1n) is 5.75. The molecule has 0 aliphatic carbocycles. The van der Waals surface area contributed by atoms with Crippen molar-refractivity contribution in [2.24, 2.45) is 5.73 Å². The average Bonchev–Trinajstić information content (AvgIpc) is 2.43. The van der Waals surface area contributed by atoms with E-state index in [1.54, 1.807) is 36.4 Å². The third-order valence-electron chi connectivity index (χ3n) is 2.70. The molecule has 21 heavy (non-hydrogen) atoms. The molecule has 7 heteroatoms. The molecule has 108 valence electrons. The van der Waals surface area contributed by atoms with Crippen molar-refractivity contribution >= 4 is 63.6 Å². The van der Waals surface area contributed by atoms with Crippen molar-refractivity contribution in [1.82, 2.24) is 0 Å². The van der Waals surface area contributed by atoms with Gasteiger partial charge in [0.2, 0.25) is 0 Å². The van der Waals surface area contributed by atoms with E-state index in [9.17, 15) is 4.79 Å². The second kappa shape index (κ2) is 6.62. The molecule has 2 rings (SSSR count). The zero-order valence-corrected chi connectivity index (χ0v) is 13.6. The minimum absolute atomic E-state index is 0.179. The third-order valence-corrected chi connectivity index (χ3v) is 4.08. The largest absolute Gasteiger partial charge is 0.389 e. The molecule has 0 saturated heterocycles. The second-order valence-corrected chi connectivity index (χ2v) is 5.75. The summed E-state index contributed by atoms with van der Waals surface area (Å²) in [5.41, 5.74) is 6.80. The van der Waals surface area contributed by atoms with Crippen molar-refractivity contribution in [3.8, 4) is 0 Å². The summed E-state index contributed by atoms with van der Waals surface area (Å²) in [6.45, 7) is 0. The van der Waals surface area contributed by atoms with Crippen LogP contribution in [0, 0.1) is 0 Å². The van der Waals surface area contributed by atoms with Crippen LogP contribution in [-0.4, -0.2) is 10.9 Å². The van der Waals surface area contributed by atoms with Crippen LogP contribution in [0.2, 0.25) is 15.1 Å². The third kappa shape index (κ3) is 3.66. The zero-order valence-electron chi connectivity index (χ0n) is 10.5. The minimum Gasteiger partial charge on any atom is -0.389 e. The molecule has 0 unspecified atom stereocenters. The molecule has 1 amide bonds. The topological polar surface area (TPSA) is 55.1 Å². The van der Waals surface area contributed by atoms with Crippen LogP contribution in [0.15, 0.2) is 36.4 Å². The fourth-order valence-corrected chi connectivity index (χ4v) is 2.32. The predicted molar refractivity (Wildman–Crippen MR) is 91.8 cm³/mol. The van der Waals surface area contributed by atoms with Crippen molar-refractivity contribution in [2.45, 2.75) is 0 Å². The van der Waals surface area contributed by atoms with Gasteiger partial charge in [-0.15, -0.1) is 0 Å². The summed E-state index contributed by atoms with van der Waals surface area (Å²) in [4.78, 5) is 12.5. The van der Waals surface area contributed by atoms with E-state index in [2.05, 4.69) is 5.32 Å². The lowest BCUT2D eigenvalue weighted by molar-refractivity contribution is 0.102. The molecule has 0 radical (unpaired) electrons. The van der Waals surface area contributed by atoms with Crippen molar-refractivity contribution in [2.75, 3.05) is 5.32 Å². The van der Waals surface area contributed by atoms with Crippen LogP contribution in [0.25, 0.3) is 0 Å². The van der Waals surface area contributed by atoms with E-state index in [0.29, 0.717) is 21.3 Å². The van der Waals surface area contributed by atoms with Crippen LogP contribution in [0.1, 0.15) is 15.9 Å². The molecule has 0 atom stereocenters. The molecule has 0 aliphatic heterocycles. The maximum Gasteiger partial charge on any atom is 0.257 e. The molecule has 2 aromatic carbocycles. The van der Waals surface area contributed by atoms with Crippen LogP contribution in [0.5, 0.6) is 0 Å². The summed E-state index contributed by atoms with van der Waals surface area (Å²) in [6, 6.07) is 9.67. The Balaban J connectivity index is 2.33. The van der Waals surface area contributed by atoms with Gasteiger partial charge in [-0.25, -0.2) is 0 Å². The van der Waals surface area contributed by atoms with Crippen LogP contribution >= 0.6 is 47.0 Å². The molecule has 0 saturated carbocycles. The Morgan fingerprint density at radius 3 is 2.48 bits per heavy atom. The van der Waals surface area contributed by atoms with Crippen molar-refractivity contribution in [3.63, 3.8) is 0 Å². The fourth-order valence-electron chi connectivity index (χ4n) is 1.64. The molecule has 0 fully saturated rings. The molecule has 0 spiro atoms. The summed E-state index contributed by atoms with van der Waals surface area (Å²) in [5.74, 6) is -0.426. The van der Waals surface area contributed by atoms with Gasteiger partial charge >= 0.3 is 0 Å². The van der Waals surface area contributed by atoms with E-state index < -0.39 is 5.91 Å². The zero-order chi connectivity index (χ0) is 15.6. The monoisotopic (exact) mass is 358 g/mol. The number of carbonyl (C=O) groups excluding carboxylic acids is 1. The fraction of sp³-hybridized carbons (Fsp3) is 0. The lowest BCUT2D eigenvalue weighted by Crippen LogP contribution is -2.14. The number of rotatable bonds is 3. The van der Waals surface area contributed by atoms with Gasteiger partial charge in [-0.05, 0) is 24.3 Å². The summed E-state index contributed by atoms with van der Waals surface area (Å²) in [7, 11) is 0. The Kier molecular flexibility index (Phi) is 5.06. The summed E-state index contributed by atoms with van der Waals surface area (Å²) in [5, 5.41) is 3.50. The highest BCUT2D eigenvalue weighted by atomic mass is 35.5.